The van der Waals surface area contributed by atoms with Gasteiger partial charge >= 0.3 is 0 Å². The maximum atomic E-state index is 12.4. The van der Waals surface area contributed by atoms with E-state index < -0.39 is 0 Å². The van der Waals surface area contributed by atoms with Crippen LogP contribution in [0, 0.1) is 0 Å². The van der Waals surface area contributed by atoms with E-state index in [0.29, 0.717) is 12.4 Å². The predicted octanol–water partition coefficient (Wildman–Crippen LogP) is 6.51. The van der Waals surface area contributed by atoms with E-state index in [1.165, 1.54) is 10.7 Å². The Hall–Kier alpha value is -4.40. The first-order valence-corrected chi connectivity index (χ1v) is 14.3. The van der Waals surface area contributed by atoms with Crippen LogP contribution in [0.15, 0.2) is 72.2 Å². The van der Waals surface area contributed by atoms with Crippen LogP contribution in [-0.4, -0.2) is 44.8 Å². The van der Waals surface area contributed by atoms with Crippen molar-refractivity contribution >= 4 is 22.3 Å². The third-order valence-electron chi connectivity index (χ3n) is 7.26. The standard InChI is InChI=1S/C30H34N6O3.C2H6.H2/c1-5-21(6-2)30-25-18-32-27(31-3)17-26(25)36(34-30)22-9-13-24(14-10-22)39-28-15-16-29(37)35(33-28)19-20-7-11-23(38-4)12-8-20;1-2;/h5-8,11-12,15-18,22,24H,1,9-10,13-14,19H2,2-4H3,(H,31,32);1-2H3;1H/b21-6+;;. The fraction of sp³-hybridized carbons (Fsp3) is 0.375. The number of ether oxygens (including phenoxy) is 2. The molecule has 1 aliphatic carbocycles. The minimum absolute atomic E-state index is 0. The average Bonchev–Trinajstić information content (AvgIpc) is 3.40. The molecule has 1 saturated carbocycles. The zero-order chi connectivity index (χ0) is 29.4. The second kappa shape index (κ2) is 13.8. The average molecular weight is 559 g/mol. The number of aromatic nitrogens is 5. The van der Waals surface area contributed by atoms with Crippen molar-refractivity contribution in [2.24, 2.45) is 0 Å². The van der Waals surface area contributed by atoms with Crippen molar-refractivity contribution in [1.29, 1.82) is 0 Å². The Kier molecular flexibility index (Phi) is 9.95. The van der Waals surface area contributed by atoms with E-state index in [0.717, 1.165) is 65.0 Å². The first-order valence-electron chi connectivity index (χ1n) is 14.3. The zero-order valence-corrected chi connectivity index (χ0v) is 24.6. The first kappa shape index (κ1) is 29.6. The van der Waals surface area contributed by atoms with Gasteiger partial charge in [-0.1, -0.05) is 44.7 Å². The maximum absolute atomic E-state index is 12.4. The van der Waals surface area contributed by atoms with Crippen LogP contribution < -0.4 is 20.3 Å². The molecule has 1 aromatic carbocycles. The van der Waals surface area contributed by atoms with Crippen molar-refractivity contribution in [1.82, 2.24) is 24.5 Å². The Balaban J connectivity index is 0.00000158. The van der Waals surface area contributed by atoms with E-state index in [1.807, 2.05) is 70.4 Å². The zero-order valence-electron chi connectivity index (χ0n) is 24.6. The largest absolute Gasteiger partial charge is 0.497 e. The smallest absolute Gasteiger partial charge is 0.267 e. The summed E-state index contributed by atoms with van der Waals surface area (Å²) in [7, 11) is 3.50. The van der Waals surface area contributed by atoms with Gasteiger partial charge in [0, 0.05) is 38.3 Å². The third-order valence-corrected chi connectivity index (χ3v) is 7.26. The maximum Gasteiger partial charge on any atom is 0.267 e. The molecule has 3 heterocycles. The van der Waals surface area contributed by atoms with Crippen molar-refractivity contribution < 1.29 is 10.9 Å². The highest BCUT2D eigenvalue weighted by Gasteiger charge is 2.27. The van der Waals surface area contributed by atoms with Crippen molar-refractivity contribution in [2.45, 2.75) is 65.1 Å². The highest BCUT2D eigenvalue weighted by molar-refractivity contribution is 5.93. The molecule has 0 bridgehead atoms. The predicted molar refractivity (Wildman–Crippen MR) is 167 cm³/mol. The van der Waals surface area contributed by atoms with Gasteiger partial charge in [0.05, 0.1) is 25.2 Å². The van der Waals surface area contributed by atoms with Crippen LogP contribution in [0.4, 0.5) is 5.82 Å². The van der Waals surface area contributed by atoms with E-state index in [1.54, 1.807) is 13.2 Å². The second-order valence-corrected chi connectivity index (χ2v) is 9.64. The summed E-state index contributed by atoms with van der Waals surface area (Å²) in [6, 6.07) is 13.1. The van der Waals surface area contributed by atoms with Crippen LogP contribution >= 0.6 is 0 Å². The molecule has 0 unspecified atom stereocenters. The summed E-state index contributed by atoms with van der Waals surface area (Å²) < 4.78 is 15.0. The second-order valence-electron chi connectivity index (χ2n) is 9.64. The molecule has 9 heteroatoms. The number of nitrogens with zero attached hydrogens (tertiary/aromatic N) is 5. The molecular formula is C32H42N6O3. The quantitative estimate of drug-likeness (QED) is 0.234. The number of nitrogens with one attached hydrogen (secondary N) is 1. The Morgan fingerprint density at radius 1 is 1.12 bits per heavy atom. The molecule has 1 fully saturated rings. The molecule has 41 heavy (non-hydrogen) atoms. The van der Waals surface area contributed by atoms with Gasteiger partial charge in [-0.3, -0.25) is 9.48 Å². The topological polar surface area (TPSA) is 96.1 Å². The third kappa shape index (κ3) is 6.67. The Morgan fingerprint density at radius 3 is 2.49 bits per heavy atom. The summed E-state index contributed by atoms with van der Waals surface area (Å²) >= 11 is 0. The van der Waals surface area contributed by atoms with Gasteiger partial charge < -0.3 is 14.8 Å². The highest BCUT2D eigenvalue weighted by Crippen LogP contribution is 2.35. The monoisotopic (exact) mass is 558 g/mol. The molecule has 3 aromatic heterocycles. The molecule has 0 atom stereocenters. The normalized spacial score (nSPS) is 17.0. The minimum Gasteiger partial charge on any atom is -0.497 e. The molecule has 0 spiro atoms. The lowest BCUT2D eigenvalue weighted by atomic mass is 9.93. The number of methoxy groups -OCH3 is 1. The number of anilines is 1. The van der Waals surface area contributed by atoms with Crippen molar-refractivity contribution in [3.63, 3.8) is 0 Å². The van der Waals surface area contributed by atoms with Crippen molar-refractivity contribution in [2.75, 3.05) is 19.5 Å². The lowest BCUT2D eigenvalue weighted by Crippen LogP contribution is -2.28. The lowest BCUT2D eigenvalue weighted by Gasteiger charge is -2.29. The minimum atomic E-state index is -0.168. The Bertz CT molecular complexity index is 1550. The molecule has 1 aliphatic rings. The first-order chi connectivity index (χ1) is 20.0. The van der Waals surface area contributed by atoms with Crippen LogP contribution in [0.25, 0.3) is 16.5 Å². The molecule has 0 saturated heterocycles. The number of hydrogen-bond donors (Lipinski definition) is 1. The summed E-state index contributed by atoms with van der Waals surface area (Å²) in [6.07, 6.45) is 9.34. The number of rotatable bonds is 9. The summed E-state index contributed by atoms with van der Waals surface area (Å²) in [5.74, 6) is 2.05. The van der Waals surface area contributed by atoms with Crippen LogP contribution in [0.5, 0.6) is 11.6 Å². The molecule has 0 aliphatic heterocycles. The van der Waals surface area contributed by atoms with Crippen molar-refractivity contribution in [3.05, 3.63) is 89.0 Å². The molecule has 0 radical (unpaired) electrons. The number of allylic oxidation sites excluding steroid dienone is 3. The van der Waals surface area contributed by atoms with Gasteiger partial charge in [0.25, 0.3) is 5.56 Å². The number of fused-ring (bicyclic) bond motifs is 1. The fourth-order valence-electron chi connectivity index (χ4n) is 5.10. The van der Waals surface area contributed by atoms with Gasteiger partial charge in [0.1, 0.15) is 23.4 Å². The number of pyridine rings is 1. The fourth-order valence-corrected chi connectivity index (χ4v) is 5.10. The SMILES string of the molecule is C=C/C(=C\C)c1nn(C2CCC(Oc3ccc(=O)n(Cc4ccc(OC)cc4)n3)CC2)c2cc(NC)ncc12.CC.[HH]. The molecular weight excluding hydrogens is 516 g/mol. The number of benzene rings is 1. The van der Waals surface area contributed by atoms with Crippen LogP contribution in [0.1, 0.15) is 65.2 Å². The van der Waals surface area contributed by atoms with E-state index in [9.17, 15) is 4.79 Å². The van der Waals surface area contributed by atoms with Gasteiger partial charge in [0.15, 0.2) is 0 Å². The molecule has 0 amide bonds. The molecule has 1 N–H and O–H groups in total. The summed E-state index contributed by atoms with van der Waals surface area (Å²) in [5.41, 5.74) is 3.74. The van der Waals surface area contributed by atoms with Crippen LogP contribution in [0.2, 0.25) is 0 Å². The Labute approximate surface area is 243 Å². The van der Waals surface area contributed by atoms with E-state index >= 15 is 0 Å². The van der Waals surface area contributed by atoms with Crippen LogP contribution in [-0.2, 0) is 6.54 Å². The highest BCUT2D eigenvalue weighted by atomic mass is 16.5. The molecule has 9 nitrogen and oxygen atoms in total. The summed E-state index contributed by atoms with van der Waals surface area (Å²) in [4.78, 5) is 16.9. The molecule has 5 rings (SSSR count). The van der Waals surface area contributed by atoms with E-state index in [4.69, 9.17) is 14.6 Å². The van der Waals surface area contributed by atoms with Gasteiger partial charge in [-0.2, -0.15) is 5.10 Å². The van der Waals surface area contributed by atoms with Gasteiger partial charge in [0.2, 0.25) is 5.88 Å². The molecule has 4 aromatic rings. The van der Waals surface area contributed by atoms with Crippen LogP contribution in [0.3, 0.4) is 0 Å². The van der Waals surface area contributed by atoms with Gasteiger partial charge in [-0.15, -0.1) is 5.10 Å². The van der Waals surface area contributed by atoms with E-state index in [2.05, 4.69) is 32.7 Å². The van der Waals surface area contributed by atoms with Gasteiger partial charge in [-0.25, -0.2) is 9.67 Å². The Morgan fingerprint density at radius 2 is 1.85 bits per heavy atom. The van der Waals surface area contributed by atoms with E-state index in [-0.39, 0.29) is 19.1 Å². The number of hydrogen-bond acceptors (Lipinski definition) is 7. The van der Waals surface area contributed by atoms with Crippen molar-refractivity contribution in [3.8, 4) is 11.6 Å². The van der Waals surface area contributed by atoms with Gasteiger partial charge in [-0.05, 0) is 55.9 Å². The lowest BCUT2D eigenvalue weighted by molar-refractivity contribution is 0.123. The molecule has 218 valence electrons. The summed E-state index contributed by atoms with van der Waals surface area (Å²) in [6.45, 7) is 10.3. The summed E-state index contributed by atoms with van der Waals surface area (Å²) in [5, 5.41) is 13.7.